The van der Waals surface area contributed by atoms with Crippen LogP contribution < -0.4 is 5.73 Å². The van der Waals surface area contributed by atoms with Crippen molar-refractivity contribution in [1.29, 1.82) is 0 Å². The smallest absolute Gasteiger partial charge is 0.137 e. The molecule has 0 aliphatic carbocycles. The molecule has 1 aromatic carbocycles. The van der Waals surface area contributed by atoms with E-state index in [0.717, 1.165) is 38.0 Å². The molecule has 1 aliphatic heterocycles. The molecule has 0 radical (unpaired) electrons. The molecule has 0 spiro atoms. The van der Waals surface area contributed by atoms with Crippen molar-refractivity contribution in [3.05, 3.63) is 34.1 Å². The molecule has 0 bridgehead atoms. The number of likely N-dealkylation sites (tertiary alicyclic amines) is 1. The van der Waals surface area contributed by atoms with Crippen molar-refractivity contribution in [2.75, 3.05) is 13.1 Å². The van der Waals surface area contributed by atoms with E-state index >= 15 is 0 Å². The molecular formula is C12H17BrClFN2. The van der Waals surface area contributed by atoms with Gasteiger partial charge < -0.3 is 5.73 Å². The molecule has 2 N–H and O–H groups in total. The van der Waals surface area contributed by atoms with Crippen molar-refractivity contribution in [2.24, 2.45) is 5.73 Å². The number of hydrogen-bond acceptors (Lipinski definition) is 2. The number of rotatable bonds is 2. The predicted octanol–water partition coefficient (Wildman–Crippen LogP) is 2.93. The molecule has 1 fully saturated rings. The molecule has 5 heteroatoms. The van der Waals surface area contributed by atoms with Crippen LogP contribution in [0.5, 0.6) is 0 Å². The summed E-state index contributed by atoms with van der Waals surface area (Å²) in [4.78, 5) is 2.29. The van der Waals surface area contributed by atoms with E-state index < -0.39 is 0 Å². The van der Waals surface area contributed by atoms with Gasteiger partial charge in [-0.1, -0.05) is 6.07 Å². The molecular weight excluding hydrogens is 307 g/mol. The molecule has 96 valence electrons. The molecule has 2 rings (SSSR count). The standard InChI is InChI=1S/C12H16BrFN2.ClH/c13-11-4-3-9(6-12(11)14)7-16-5-1-2-10(15)8-16;/h3-4,6,10H,1-2,5,7-8,15H2;1H. The van der Waals surface area contributed by atoms with E-state index in [1.165, 1.54) is 0 Å². The molecule has 1 atom stereocenters. The summed E-state index contributed by atoms with van der Waals surface area (Å²) in [5.74, 6) is -0.196. The highest BCUT2D eigenvalue weighted by Crippen LogP contribution is 2.18. The maximum absolute atomic E-state index is 13.3. The van der Waals surface area contributed by atoms with E-state index in [1.54, 1.807) is 12.1 Å². The topological polar surface area (TPSA) is 29.3 Å². The second kappa shape index (κ2) is 6.69. The Balaban J connectivity index is 0.00000144. The van der Waals surface area contributed by atoms with Crippen molar-refractivity contribution in [3.63, 3.8) is 0 Å². The average Bonchev–Trinajstić information content (AvgIpc) is 2.24. The summed E-state index contributed by atoms with van der Waals surface area (Å²) in [6, 6.07) is 5.57. The van der Waals surface area contributed by atoms with Crippen LogP contribution in [0.15, 0.2) is 22.7 Å². The van der Waals surface area contributed by atoms with Gasteiger partial charge in [-0.15, -0.1) is 12.4 Å². The predicted molar refractivity (Wildman–Crippen MR) is 73.8 cm³/mol. The van der Waals surface area contributed by atoms with Gasteiger partial charge in [0.2, 0.25) is 0 Å². The van der Waals surface area contributed by atoms with Crippen LogP contribution in [0, 0.1) is 5.82 Å². The van der Waals surface area contributed by atoms with Gasteiger partial charge in [-0.3, -0.25) is 4.90 Å². The number of nitrogens with zero attached hydrogens (tertiary/aromatic N) is 1. The highest BCUT2D eigenvalue weighted by molar-refractivity contribution is 9.10. The van der Waals surface area contributed by atoms with Gasteiger partial charge in [0.25, 0.3) is 0 Å². The summed E-state index contributed by atoms with van der Waals surface area (Å²) in [5.41, 5.74) is 6.92. The second-order valence-electron chi connectivity index (χ2n) is 4.39. The summed E-state index contributed by atoms with van der Waals surface area (Å²) in [6.07, 6.45) is 2.24. The normalized spacial score (nSPS) is 21.0. The van der Waals surface area contributed by atoms with Crippen LogP contribution in [0.4, 0.5) is 4.39 Å². The molecule has 1 unspecified atom stereocenters. The second-order valence-corrected chi connectivity index (χ2v) is 5.24. The molecule has 1 heterocycles. The van der Waals surface area contributed by atoms with Crippen molar-refractivity contribution >= 4 is 28.3 Å². The van der Waals surface area contributed by atoms with E-state index in [9.17, 15) is 4.39 Å². The van der Waals surface area contributed by atoms with Crippen molar-refractivity contribution in [2.45, 2.75) is 25.4 Å². The quantitative estimate of drug-likeness (QED) is 0.907. The van der Waals surface area contributed by atoms with Crippen LogP contribution in [0.2, 0.25) is 0 Å². The molecule has 1 saturated heterocycles. The van der Waals surface area contributed by atoms with Crippen molar-refractivity contribution in [3.8, 4) is 0 Å². The maximum atomic E-state index is 13.3. The summed E-state index contributed by atoms with van der Waals surface area (Å²) in [7, 11) is 0. The summed E-state index contributed by atoms with van der Waals surface area (Å²) >= 11 is 3.16. The van der Waals surface area contributed by atoms with Crippen molar-refractivity contribution < 1.29 is 4.39 Å². The number of halogens is 3. The number of benzene rings is 1. The minimum absolute atomic E-state index is 0. The fourth-order valence-electron chi connectivity index (χ4n) is 2.13. The Kier molecular flexibility index (Phi) is 5.86. The van der Waals surface area contributed by atoms with E-state index in [2.05, 4.69) is 20.8 Å². The zero-order chi connectivity index (χ0) is 11.5. The third kappa shape index (κ3) is 4.21. The Morgan fingerprint density at radius 2 is 2.24 bits per heavy atom. The van der Waals surface area contributed by atoms with Crippen LogP contribution >= 0.6 is 28.3 Å². The minimum Gasteiger partial charge on any atom is -0.327 e. The van der Waals surface area contributed by atoms with E-state index in [-0.39, 0.29) is 24.3 Å². The Labute approximate surface area is 116 Å². The summed E-state index contributed by atoms with van der Waals surface area (Å²) in [5, 5.41) is 0. The molecule has 2 nitrogen and oxygen atoms in total. The highest BCUT2D eigenvalue weighted by Gasteiger charge is 2.16. The van der Waals surface area contributed by atoms with E-state index in [4.69, 9.17) is 5.73 Å². The Morgan fingerprint density at radius 1 is 1.47 bits per heavy atom. The molecule has 0 amide bonds. The minimum atomic E-state index is -0.196. The zero-order valence-corrected chi connectivity index (χ0v) is 11.9. The van der Waals surface area contributed by atoms with Crippen LogP contribution in [0.3, 0.4) is 0 Å². The van der Waals surface area contributed by atoms with E-state index in [0.29, 0.717) is 4.47 Å². The largest absolute Gasteiger partial charge is 0.327 e. The van der Waals surface area contributed by atoms with Gasteiger partial charge >= 0.3 is 0 Å². The molecule has 1 aliphatic rings. The van der Waals surface area contributed by atoms with Crippen LogP contribution in [0.1, 0.15) is 18.4 Å². The highest BCUT2D eigenvalue weighted by atomic mass is 79.9. The number of nitrogens with two attached hydrogens (primary N) is 1. The third-order valence-electron chi connectivity index (χ3n) is 2.93. The fourth-order valence-corrected chi connectivity index (χ4v) is 2.38. The molecule has 1 aromatic rings. The Hall–Kier alpha value is -0.160. The fraction of sp³-hybridized carbons (Fsp3) is 0.500. The van der Waals surface area contributed by atoms with E-state index in [1.807, 2.05) is 6.07 Å². The summed E-state index contributed by atoms with van der Waals surface area (Å²) in [6.45, 7) is 2.76. The zero-order valence-electron chi connectivity index (χ0n) is 9.53. The van der Waals surface area contributed by atoms with Crippen LogP contribution in [-0.4, -0.2) is 24.0 Å². The van der Waals surface area contributed by atoms with Gasteiger partial charge in [0.1, 0.15) is 5.82 Å². The first-order chi connectivity index (χ1) is 7.65. The third-order valence-corrected chi connectivity index (χ3v) is 3.58. The lowest BCUT2D eigenvalue weighted by Gasteiger charge is -2.30. The maximum Gasteiger partial charge on any atom is 0.137 e. The van der Waals surface area contributed by atoms with Gasteiger partial charge in [-0.05, 0) is 53.0 Å². The van der Waals surface area contributed by atoms with Gasteiger partial charge in [0.15, 0.2) is 0 Å². The Bertz CT molecular complexity index is 376. The number of piperidine rings is 1. The SMILES string of the molecule is Cl.NC1CCCN(Cc2ccc(Br)c(F)c2)C1. The lowest BCUT2D eigenvalue weighted by molar-refractivity contribution is 0.201. The first-order valence-corrected chi connectivity index (χ1v) is 6.36. The first-order valence-electron chi connectivity index (χ1n) is 5.57. The summed E-state index contributed by atoms with van der Waals surface area (Å²) < 4.78 is 13.8. The van der Waals surface area contributed by atoms with Crippen LogP contribution in [-0.2, 0) is 6.54 Å². The van der Waals surface area contributed by atoms with Crippen molar-refractivity contribution in [1.82, 2.24) is 4.90 Å². The number of hydrogen-bond donors (Lipinski definition) is 1. The van der Waals surface area contributed by atoms with Gasteiger partial charge in [-0.2, -0.15) is 0 Å². The lowest BCUT2D eigenvalue weighted by atomic mass is 10.1. The monoisotopic (exact) mass is 322 g/mol. The van der Waals surface area contributed by atoms with Gasteiger partial charge in [0.05, 0.1) is 4.47 Å². The Morgan fingerprint density at radius 3 is 2.88 bits per heavy atom. The molecule has 0 aromatic heterocycles. The average molecular weight is 324 g/mol. The van der Waals surface area contributed by atoms with Gasteiger partial charge in [-0.25, -0.2) is 4.39 Å². The molecule has 17 heavy (non-hydrogen) atoms. The first kappa shape index (κ1) is 14.9. The van der Waals surface area contributed by atoms with Gasteiger partial charge in [0, 0.05) is 19.1 Å². The molecule has 0 saturated carbocycles. The lowest BCUT2D eigenvalue weighted by Crippen LogP contribution is -2.42. The van der Waals surface area contributed by atoms with Crippen LogP contribution in [0.25, 0.3) is 0 Å².